The van der Waals surface area contributed by atoms with Crippen molar-refractivity contribution in [2.75, 3.05) is 37.7 Å². The smallest absolute Gasteiger partial charge is 0.319 e. The Morgan fingerprint density at radius 3 is 2.25 bits per heavy atom. The van der Waals surface area contributed by atoms with Crippen molar-refractivity contribution in [3.63, 3.8) is 0 Å². The van der Waals surface area contributed by atoms with Gasteiger partial charge in [0, 0.05) is 30.2 Å². The predicted molar refractivity (Wildman–Crippen MR) is 182 cm³/mol. The molecular weight excluding hydrogens is 662 g/mol. The molecular formula is C39H35F4N5O3. The molecule has 12 heteroatoms. The van der Waals surface area contributed by atoms with Crippen LogP contribution in [0.1, 0.15) is 38.5 Å². The van der Waals surface area contributed by atoms with Crippen molar-refractivity contribution in [2.45, 2.75) is 44.1 Å². The van der Waals surface area contributed by atoms with Crippen LogP contribution in [0.2, 0.25) is 0 Å². The van der Waals surface area contributed by atoms with Crippen LogP contribution in [0.15, 0.2) is 60.8 Å². The number of fused-ring (bicyclic) bond motifs is 5. The third-order valence-corrected chi connectivity index (χ3v) is 11.6. The maximum absolute atomic E-state index is 16.8. The lowest BCUT2D eigenvalue weighted by atomic mass is 9.85. The van der Waals surface area contributed by atoms with Crippen LogP contribution in [-0.2, 0) is 4.79 Å². The molecule has 5 aromatic rings. The molecule has 4 aliphatic rings. The Labute approximate surface area is 291 Å². The SMILES string of the molecule is O=C(Oc1c(F)cccc1F)C1[C@@H]2CC[C@H]1CN(c1nc(OCC34CCCN3CCC4)nc3c(F)c(-c4cccc5cccc(F)c45)ncc13)C2. The normalized spacial score (nSPS) is 22.5. The quantitative estimate of drug-likeness (QED) is 0.0985. The molecule has 0 spiro atoms. The van der Waals surface area contributed by atoms with Gasteiger partial charge >= 0.3 is 12.0 Å². The summed E-state index contributed by atoms with van der Waals surface area (Å²) in [5.41, 5.74) is 0.176. The molecule has 0 amide bonds. The average molecular weight is 698 g/mol. The zero-order chi connectivity index (χ0) is 34.9. The molecule has 4 fully saturated rings. The Morgan fingerprint density at radius 1 is 0.863 bits per heavy atom. The molecule has 3 aliphatic heterocycles. The molecule has 2 aromatic heterocycles. The predicted octanol–water partition coefficient (Wildman–Crippen LogP) is 7.48. The molecule has 3 aromatic carbocycles. The summed E-state index contributed by atoms with van der Waals surface area (Å²) in [5.74, 6) is -4.97. The van der Waals surface area contributed by atoms with E-state index >= 15 is 8.78 Å². The van der Waals surface area contributed by atoms with E-state index in [9.17, 15) is 13.6 Å². The Bertz CT molecular complexity index is 2150. The third kappa shape index (κ3) is 5.37. The van der Waals surface area contributed by atoms with Crippen molar-refractivity contribution >= 4 is 33.5 Å². The fourth-order valence-corrected chi connectivity index (χ4v) is 9.20. The van der Waals surface area contributed by atoms with E-state index in [0.717, 1.165) is 50.9 Å². The third-order valence-electron chi connectivity index (χ3n) is 11.6. The van der Waals surface area contributed by atoms with E-state index < -0.39 is 40.9 Å². The van der Waals surface area contributed by atoms with Gasteiger partial charge in [-0.25, -0.2) is 17.6 Å². The molecule has 0 N–H and O–H groups in total. The number of anilines is 1. The van der Waals surface area contributed by atoms with Gasteiger partial charge in [0.15, 0.2) is 17.5 Å². The Kier molecular flexibility index (Phi) is 7.82. The lowest BCUT2D eigenvalue weighted by Crippen LogP contribution is -2.46. The first-order chi connectivity index (χ1) is 24.8. The molecule has 5 heterocycles. The second-order valence-electron chi connectivity index (χ2n) is 14.4. The summed E-state index contributed by atoms with van der Waals surface area (Å²) >= 11 is 0. The summed E-state index contributed by atoms with van der Waals surface area (Å²) in [6.45, 7) is 3.15. The van der Waals surface area contributed by atoms with E-state index in [1.165, 1.54) is 18.3 Å². The number of ether oxygens (including phenoxy) is 2. The van der Waals surface area contributed by atoms with Crippen molar-refractivity contribution in [2.24, 2.45) is 17.8 Å². The number of pyridine rings is 1. The topological polar surface area (TPSA) is 80.7 Å². The van der Waals surface area contributed by atoms with Crippen LogP contribution in [0.3, 0.4) is 0 Å². The largest absolute Gasteiger partial charge is 0.461 e. The first kappa shape index (κ1) is 32.1. The van der Waals surface area contributed by atoms with Gasteiger partial charge in [0.05, 0.1) is 16.8 Å². The highest BCUT2D eigenvalue weighted by Gasteiger charge is 2.48. The highest BCUT2D eigenvalue weighted by atomic mass is 19.1. The maximum atomic E-state index is 16.8. The van der Waals surface area contributed by atoms with Gasteiger partial charge in [0.1, 0.15) is 29.5 Å². The zero-order valence-electron chi connectivity index (χ0n) is 27.8. The molecule has 51 heavy (non-hydrogen) atoms. The number of para-hydroxylation sites is 1. The standard InChI is InChI=1S/C39H35F4N5O3/c40-27-9-2-7-22-6-1-8-25(31(22)27)33-32(43)34-26(18-44-33)36(46-38(45-34)50-21-39-14-4-16-48(39)17-5-15-39)47-19-23-12-13-24(20-47)30(23)37(49)51-35-28(41)10-3-11-29(35)42/h1-3,6-11,18,23-24,30H,4-5,12-17,19-21H2/t23-,24+,30?. The molecule has 8 nitrogen and oxygen atoms in total. The van der Waals surface area contributed by atoms with Gasteiger partial charge in [-0.05, 0) is 87.0 Å². The lowest BCUT2D eigenvalue weighted by molar-refractivity contribution is -0.142. The number of aromatic nitrogens is 3. The van der Waals surface area contributed by atoms with Crippen LogP contribution in [0.25, 0.3) is 32.9 Å². The second-order valence-corrected chi connectivity index (χ2v) is 14.4. The van der Waals surface area contributed by atoms with E-state index in [-0.39, 0.29) is 40.0 Å². The summed E-state index contributed by atoms with van der Waals surface area (Å²) in [6, 6.07) is 13.2. The molecule has 9 rings (SSSR count). The van der Waals surface area contributed by atoms with Gasteiger partial charge in [0.25, 0.3) is 0 Å². The summed E-state index contributed by atoms with van der Waals surface area (Å²) < 4.78 is 72.3. The number of nitrogens with zero attached hydrogens (tertiary/aromatic N) is 5. The molecule has 1 aliphatic carbocycles. The van der Waals surface area contributed by atoms with Crippen molar-refractivity contribution in [1.82, 2.24) is 19.9 Å². The number of esters is 1. The van der Waals surface area contributed by atoms with Crippen LogP contribution >= 0.6 is 0 Å². The number of halogens is 4. The van der Waals surface area contributed by atoms with Crippen molar-refractivity contribution < 1.29 is 31.8 Å². The number of piperidine rings is 1. The van der Waals surface area contributed by atoms with Crippen LogP contribution < -0.4 is 14.4 Å². The van der Waals surface area contributed by atoms with Gasteiger partial charge in [-0.3, -0.25) is 14.7 Å². The molecule has 3 atom stereocenters. The van der Waals surface area contributed by atoms with Crippen LogP contribution in [0.4, 0.5) is 23.4 Å². The number of rotatable bonds is 7. The van der Waals surface area contributed by atoms with Crippen LogP contribution in [-0.4, -0.2) is 64.1 Å². The number of carbonyl (C=O) groups excluding carboxylic acids is 1. The fourth-order valence-electron chi connectivity index (χ4n) is 9.20. The zero-order valence-corrected chi connectivity index (χ0v) is 27.8. The van der Waals surface area contributed by atoms with Gasteiger partial charge in [-0.2, -0.15) is 9.97 Å². The van der Waals surface area contributed by atoms with Gasteiger partial charge in [0.2, 0.25) is 5.75 Å². The van der Waals surface area contributed by atoms with E-state index in [0.29, 0.717) is 54.7 Å². The number of carbonyl (C=O) groups is 1. The summed E-state index contributed by atoms with van der Waals surface area (Å²) in [6.07, 6.45) is 7.11. The van der Waals surface area contributed by atoms with E-state index in [2.05, 4.69) is 14.9 Å². The molecule has 1 saturated carbocycles. The summed E-state index contributed by atoms with van der Waals surface area (Å²) in [5, 5.41) is 1.24. The lowest BCUT2D eigenvalue weighted by Gasteiger charge is -2.38. The Hall–Kier alpha value is -4.84. The first-order valence-corrected chi connectivity index (χ1v) is 17.6. The van der Waals surface area contributed by atoms with Crippen molar-refractivity contribution in [3.05, 3.63) is 84.1 Å². The average Bonchev–Trinajstić information content (AvgIpc) is 3.79. The highest BCUT2D eigenvalue weighted by molar-refractivity contribution is 5.99. The first-order valence-electron chi connectivity index (χ1n) is 17.6. The van der Waals surface area contributed by atoms with Crippen LogP contribution in [0.5, 0.6) is 11.8 Å². The molecule has 262 valence electrons. The van der Waals surface area contributed by atoms with E-state index in [1.807, 2.05) is 4.90 Å². The number of hydrogen-bond donors (Lipinski definition) is 0. The second kappa shape index (κ2) is 12.4. The Balaban J connectivity index is 1.09. The van der Waals surface area contributed by atoms with Crippen LogP contribution in [0, 0.1) is 41.0 Å². The summed E-state index contributed by atoms with van der Waals surface area (Å²) in [4.78, 5) is 31.8. The molecule has 3 saturated heterocycles. The van der Waals surface area contributed by atoms with Gasteiger partial charge in [-0.15, -0.1) is 0 Å². The molecule has 0 radical (unpaired) electrons. The van der Waals surface area contributed by atoms with Gasteiger partial charge < -0.3 is 14.4 Å². The minimum atomic E-state index is -0.939. The van der Waals surface area contributed by atoms with Gasteiger partial charge in [-0.1, -0.05) is 36.4 Å². The van der Waals surface area contributed by atoms with Crippen molar-refractivity contribution in [3.8, 4) is 23.0 Å². The monoisotopic (exact) mass is 697 g/mol. The fraction of sp³-hybridized carbons (Fsp3) is 0.385. The summed E-state index contributed by atoms with van der Waals surface area (Å²) in [7, 11) is 0. The number of benzene rings is 3. The number of hydrogen-bond acceptors (Lipinski definition) is 8. The van der Waals surface area contributed by atoms with Crippen molar-refractivity contribution in [1.29, 1.82) is 0 Å². The molecule has 2 bridgehead atoms. The minimum Gasteiger partial charge on any atom is -0.461 e. The van der Waals surface area contributed by atoms with E-state index in [1.54, 1.807) is 30.3 Å². The maximum Gasteiger partial charge on any atom is 0.319 e. The minimum absolute atomic E-state index is 0.00412. The highest BCUT2D eigenvalue weighted by Crippen LogP contribution is 2.46. The Morgan fingerprint density at radius 2 is 1.53 bits per heavy atom. The van der Waals surface area contributed by atoms with E-state index in [4.69, 9.17) is 14.5 Å². The molecule has 1 unspecified atom stereocenters.